The Hall–Kier alpha value is -2.35. The van der Waals surface area contributed by atoms with E-state index in [9.17, 15) is 5.11 Å². The number of benzene rings is 1. The van der Waals surface area contributed by atoms with Crippen LogP contribution in [0.2, 0.25) is 0 Å². The minimum atomic E-state index is 0.382. The van der Waals surface area contributed by atoms with Gasteiger partial charge in [0.05, 0.1) is 0 Å². The number of aromatic hydroxyl groups is 1. The molecule has 0 saturated heterocycles. The van der Waals surface area contributed by atoms with Crippen molar-refractivity contribution in [2.75, 3.05) is 0 Å². The second-order valence-electron chi connectivity index (χ2n) is 6.68. The Bertz CT molecular complexity index is 774. The minimum Gasteiger partial charge on any atom is -0.507 e. The molecule has 0 atom stereocenters. The Morgan fingerprint density at radius 1 is 1.08 bits per heavy atom. The summed E-state index contributed by atoms with van der Waals surface area (Å²) in [5.41, 5.74) is 8.07. The van der Waals surface area contributed by atoms with Gasteiger partial charge in [0.15, 0.2) is 0 Å². The lowest BCUT2D eigenvalue weighted by atomic mass is 9.83. The SMILES string of the molecule is C=C(CCC(=C)c1c(O)cc2c(c1C)CCCC2)c1ccncc1. The zero-order valence-electron chi connectivity index (χ0n) is 14.4. The van der Waals surface area contributed by atoms with Crippen LogP contribution in [-0.2, 0) is 12.8 Å². The number of hydrogen-bond donors (Lipinski definition) is 1. The van der Waals surface area contributed by atoms with Gasteiger partial charge in [0, 0.05) is 18.0 Å². The number of pyridine rings is 1. The zero-order valence-corrected chi connectivity index (χ0v) is 14.4. The van der Waals surface area contributed by atoms with Gasteiger partial charge < -0.3 is 5.11 Å². The minimum absolute atomic E-state index is 0.382. The van der Waals surface area contributed by atoms with Crippen molar-refractivity contribution in [1.29, 1.82) is 0 Å². The van der Waals surface area contributed by atoms with Crippen LogP contribution in [0.4, 0.5) is 0 Å². The van der Waals surface area contributed by atoms with E-state index in [0.29, 0.717) is 5.75 Å². The normalized spacial score (nSPS) is 13.4. The Labute approximate surface area is 144 Å². The molecule has 1 heterocycles. The van der Waals surface area contributed by atoms with Crippen LogP contribution in [0, 0.1) is 6.92 Å². The van der Waals surface area contributed by atoms with Crippen LogP contribution >= 0.6 is 0 Å². The molecule has 0 saturated carbocycles. The fraction of sp³-hybridized carbons (Fsp3) is 0.318. The van der Waals surface area contributed by atoms with E-state index in [2.05, 4.69) is 25.1 Å². The fourth-order valence-corrected chi connectivity index (χ4v) is 3.70. The maximum Gasteiger partial charge on any atom is 0.123 e. The molecule has 0 unspecified atom stereocenters. The number of nitrogens with zero attached hydrogens (tertiary/aromatic N) is 1. The van der Waals surface area contributed by atoms with E-state index in [1.165, 1.54) is 29.5 Å². The average Bonchev–Trinajstić information content (AvgIpc) is 2.60. The predicted molar refractivity (Wildman–Crippen MR) is 101 cm³/mol. The molecule has 3 rings (SSSR count). The summed E-state index contributed by atoms with van der Waals surface area (Å²) in [7, 11) is 0. The van der Waals surface area contributed by atoms with E-state index in [4.69, 9.17) is 0 Å². The molecule has 0 fully saturated rings. The lowest BCUT2D eigenvalue weighted by molar-refractivity contribution is 0.470. The third-order valence-corrected chi connectivity index (χ3v) is 5.08. The molecular weight excluding hydrogens is 294 g/mol. The first kappa shape index (κ1) is 16.5. The van der Waals surface area contributed by atoms with Gasteiger partial charge in [0.2, 0.25) is 0 Å². The Kier molecular flexibility index (Phi) is 4.84. The quantitative estimate of drug-likeness (QED) is 0.791. The van der Waals surface area contributed by atoms with Gasteiger partial charge in [0.1, 0.15) is 5.75 Å². The summed E-state index contributed by atoms with van der Waals surface area (Å²) in [6.45, 7) is 10.5. The summed E-state index contributed by atoms with van der Waals surface area (Å²) < 4.78 is 0. The van der Waals surface area contributed by atoms with Gasteiger partial charge in [0.25, 0.3) is 0 Å². The summed E-state index contributed by atoms with van der Waals surface area (Å²) in [6, 6.07) is 5.92. The Balaban J connectivity index is 1.77. The van der Waals surface area contributed by atoms with Crippen LogP contribution in [-0.4, -0.2) is 10.1 Å². The van der Waals surface area contributed by atoms with Crippen molar-refractivity contribution in [3.05, 3.63) is 71.6 Å². The van der Waals surface area contributed by atoms with E-state index in [-0.39, 0.29) is 0 Å². The molecule has 24 heavy (non-hydrogen) atoms. The second kappa shape index (κ2) is 7.04. The van der Waals surface area contributed by atoms with Crippen LogP contribution in [0.5, 0.6) is 5.75 Å². The van der Waals surface area contributed by atoms with Crippen LogP contribution in [0.15, 0.2) is 43.8 Å². The average molecular weight is 319 g/mol. The van der Waals surface area contributed by atoms with Crippen molar-refractivity contribution in [2.45, 2.75) is 45.4 Å². The van der Waals surface area contributed by atoms with Crippen molar-refractivity contribution in [1.82, 2.24) is 4.98 Å². The van der Waals surface area contributed by atoms with Crippen molar-refractivity contribution >= 4 is 11.1 Å². The predicted octanol–water partition coefficient (Wildman–Crippen LogP) is 5.48. The molecule has 0 amide bonds. The van der Waals surface area contributed by atoms with Gasteiger partial charge in [-0.15, -0.1) is 0 Å². The summed E-state index contributed by atoms with van der Waals surface area (Å²) in [5, 5.41) is 10.5. The van der Waals surface area contributed by atoms with Gasteiger partial charge in [-0.05, 0) is 97.0 Å². The first-order chi connectivity index (χ1) is 11.6. The van der Waals surface area contributed by atoms with Gasteiger partial charge >= 0.3 is 0 Å². The van der Waals surface area contributed by atoms with Crippen LogP contribution < -0.4 is 0 Å². The number of hydrogen-bond acceptors (Lipinski definition) is 2. The third kappa shape index (κ3) is 3.28. The van der Waals surface area contributed by atoms with E-state index in [1.807, 2.05) is 18.2 Å². The topological polar surface area (TPSA) is 33.1 Å². The first-order valence-corrected chi connectivity index (χ1v) is 8.68. The molecule has 2 heteroatoms. The summed E-state index contributed by atoms with van der Waals surface area (Å²) in [5.74, 6) is 0.382. The molecule has 0 radical (unpaired) electrons. The van der Waals surface area contributed by atoms with Gasteiger partial charge in [-0.1, -0.05) is 13.2 Å². The zero-order chi connectivity index (χ0) is 17.1. The fourth-order valence-electron chi connectivity index (χ4n) is 3.70. The molecule has 1 aliphatic carbocycles. The number of allylic oxidation sites excluding steroid dienone is 2. The molecule has 1 aromatic heterocycles. The first-order valence-electron chi connectivity index (χ1n) is 8.68. The van der Waals surface area contributed by atoms with Gasteiger partial charge in [-0.2, -0.15) is 0 Å². The van der Waals surface area contributed by atoms with Crippen molar-refractivity contribution in [3.63, 3.8) is 0 Å². The molecule has 1 aromatic carbocycles. The molecule has 0 bridgehead atoms. The number of phenols is 1. The number of aromatic nitrogens is 1. The van der Waals surface area contributed by atoms with Crippen molar-refractivity contribution < 1.29 is 5.11 Å². The van der Waals surface area contributed by atoms with E-state index < -0.39 is 0 Å². The third-order valence-electron chi connectivity index (χ3n) is 5.08. The summed E-state index contributed by atoms with van der Waals surface area (Å²) >= 11 is 0. The molecule has 124 valence electrons. The standard InChI is InChI=1S/C22H25NO/c1-15(18-10-12-23-13-11-18)8-9-16(2)22-17(3)20-7-5-4-6-19(20)14-21(22)24/h10-14,24H,1-2,4-9H2,3H3. The molecule has 0 aliphatic heterocycles. The monoisotopic (exact) mass is 319 g/mol. The molecule has 1 N–H and O–H groups in total. The highest BCUT2D eigenvalue weighted by atomic mass is 16.3. The Morgan fingerprint density at radius 2 is 1.75 bits per heavy atom. The highest BCUT2D eigenvalue weighted by molar-refractivity contribution is 5.75. The highest BCUT2D eigenvalue weighted by Crippen LogP contribution is 2.38. The number of aryl methyl sites for hydroxylation is 1. The Morgan fingerprint density at radius 3 is 2.50 bits per heavy atom. The van der Waals surface area contributed by atoms with Crippen LogP contribution in [0.1, 0.15) is 53.5 Å². The molecule has 1 aliphatic rings. The molecule has 2 aromatic rings. The van der Waals surface area contributed by atoms with E-state index in [1.54, 1.807) is 12.4 Å². The number of phenolic OH excluding ortho intramolecular Hbond substituents is 1. The summed E-state index contributed by atoms with van der Waals surface area (Å²) in [4.78, 5) is 4.04. The maximum atomic E-state index is 10.5. The maximum absolute atomic E-state index is 10.5. The highest BCUT2D eigenvalue weighted by Gasteiger charge is 2.19. The largest absolute Gasteiger partial charge is 0.507 e. The van der Waals surface area contributed by atoms with Crippen molar-refractivity contribution in [3.8, 4) is 5.75 Å². The van der Waals surface area contributed by atoms with E-state index >= 15 is 0 Å². The number of fused-ring (bicyclic) bond motifs is 1. The van der Waals surface area contributed by atoms with Gasteiger partial charge in [-0.25, -0.2) is 0 Å². The van der Waals surface area contributed by atoms with Crippen molar-refractivity contribution in [2.24, 2.45) is 0 Å². The summed E-state index contributed by atoms with van der Waals surface area (Å²) in [6.07, 6.45) is 9.86. The molecule has 2 nitrogen and oxygen atoms in total. The second-order valence-corrected chi connectivity index (χ2v) is 6.68. The van der Waals surface area contributed by atoms with E-state index in [0.717, 1.165) is 48.0 Å². The molecule has 0 spiro atoms. The molecular formula is C22H25NO. The lowest BCUT2D eigenvalue weighted by Gasteiger charge is -2.22. The smallest absolute Gasteiger partial charge is 0.123 e. The van der Waals surface area contributed by atoms with Gasteiger partial charge in [-0.3, -0.25) is 4.98 Å². The number of rotatable bonds is 5. The van der Waals surface area contributed by atoms with Crippen LogP contribution in [0.3, 0.4) is 0 Å². The van der Waals surface area contributed by atoms with Crippen LogP contribution in [0.25, 0.3) is 11.1 Å². The lowest BCUT2D eigenvalue weighted by Crippen LogP contribution is -2.07.